The van der Waals surface area contributed by atoms with Crippen LogP contribution in [0.1, 0.15) is 17.3 Å². The fraction of sp³-hybridized carbons (Fsp3) is 0.333. The third-order valence-electron chi connectivity index (χ3n) is 1.53. The number of anilines is 1. The van der Waals surface area contributed by atoms with Crippen LogP contribution in [0.2, 0.25) is 0 Å². The summed E-state index contributed by atoms with van der Waals surface area (Å²) in [5.74, 6) is 0.340. The van der Waals surface area contributed by atoms with Gasteiger partial charge < -0.3 is 10.1 Å². The molecule has 1 rings (SSSR count). The van der Waals surface area contributed by atoms with Crippen LogP contribution in [0.5, 0.6) is 0 Å². The second kappa shape index (κ2) is 4.45. The van der Waals surface area contributed by atoms with E-state index in [-0.39, 0.29) is 5.97 Å². The van der Waals surface area contributed by atoms with Gasteiger partial charge in [0.25, 0.3) is 0 Å². The number of hydrogen-bond donors (Lipinski definition) is 1. The van der Waals surface area contributed by atoms with E-state index in [0.717, 1.165) is 0 Å². The molecule has 0 unspecified atom stereocenters. The number of rotatable bonds is 3. The first-order valence-electron chi connectivity index (χ1n) is 4.09. The monoisotopic (exact) mass is 180 g/mol. The van der Waals surface area contributed by atoms with Gasteiger partial charge in [0.1, 0.15) is 5.82 Å². The first-order valence-corrected chi connectivity index (χ1v) is 4.09. The Hall–Kier alpha value is -1.58. The van der Waals surface area contributed by atoms with Gasteiger partial charge in [-0.3, -0.25) is 0 Å². The van der Waals surface area contributed by atoms with E-state index < -0.39 is 0 Å². The number of nitrogens with one attached hydrogen (secondary N) is 1. The highest BCUT2D eigenvalue weighted by molar-refractivity contribution is 5.90. The van der Waals surface area contributed by atoms with Gasteiger partial charge in [-0.15, -0.1) is 0 Å². The van der Waals surface area contributed by atoms with Gasteiger partial charge in [-0.25, -0.2) is 9.78 Å². The molecule has 0 amide bonds. The van der Waals surface area contributed by atoms with E-state index >= 15 is 0 Å². The molecule has 0 aliphatic carbocycles. The average Bonchev–Trinajstić information content (AvgIpc) is 2.18. The Morgan fingerprint density at radius 2 is 2.46 bits per heavy atom. The van der Waals surface area contributed by atoms with Crippen molar-refractivity contribution in [3.8, 4) is 0 Å². The molecular formula is C9H12N2O2. The molecule has 0 aliphatic rings. The molecule has 0 bridgehead atoms. The van der Waals surface area contributed by atoms with Crippen molar-refractivity contribution in [2.45, 2.75) is 6.92 Å². The number of ether oxygens (including phenoxy) is 1. The largest absolute Gasteiger partial charge is 0.462 e. The van der Waals surface area contributed by atoms with Crippen LogP contribution in [0.25, 0.3) is 0 Å². The van der Waals surface area contributed by atoms with Crippen molar-refractivity contribution < 1.29 is 9.53 Å². The van der Waals surface area contributed by atoms with Gasteiger partial charge >= 0.3 is 5.97 Å². The van der Waals surface area contributed by atoms with Crippen molar-refractivity contribution in [2.75, 3.05) is 19.0 Å². The van der Waals surface area contributed by atoms with Crippen LogP contribution in [-0.4, -0.2) is 24.6 Å². The van der Waals surface area contributed by atoms with Crippen molar-refractivity contribution in [3.63, 3.8) is 0 Å². The van der Waals surface area contributed by atoms with E-state index in [9.17, 15) is 4.79 Å². The summed E-state index contributed by atoms with van der Waals surface area (Å²) >= 11 is 0. The summed E-state index contributed by atoms with van der Waals surface area (Å²) in [6.07, 6.45) is 1.57. The lowest BCUT2D eigenvalue weighted by Crippen LogP contribution is -2.05. The second-order valence-electron chi connectivity index (χ2n) is 2.40. The maximum absolute atomic E-state index is 11.2. The molecule has 0 aromatic carbocycles. The van der Waals surface area contributed by atoms with Gasteiger partial charge in [-0.05, 0) is 19.1 Å². The van der Waals surface area contributed by atoms with E-state index in [1.807, 2.05) is 0 Å². The van der Waals surface area contributed by atoms with E-state index in [1.54, 1.807) is 32.3 Å². The van der Waals surface area contributed by atoms with E-state index in [2.05, 4.69) is 10.3 Å². The highest BCUT2D eigenvalue weighted by Gasteiger charge is 2.06. The maximum Gasteiger partial charge on any atom is 0.338 e. The number of nitrogens with zero attached hydrogens (tertiary/aromatic N) is 1. The normalized spacial score (nSPS) is 9.38. The zero-order valence-corrected chi connectivity index (χ0v) is 7.70. The predicted octanol–water partition coefficient (Wildman–Crippen LogP) is 1.30. The molecule has 0 spiro atoms. The zero-order valence-electron chi connectivity index (χ0n) is 7.70. The van der Waals surface area contributed by atoms with Gasteiger partial charge in [-0.1, -0.05) is 0 Å². The van der Waals surface area contributed by atoms with Gasteiger partial charge in [0.05, 0.1) is 12.2 Å². The van der Waals surface area contributed by atoms with Gasteiger partial charge in [0.15, 0.2) is 0 Å². The van der Waals surface area contributed by atoms with Crippen LogP contribution < -0.4 is 5.32 Å². The SMILES string of the molecule is CCOC(=O)c1ccnc(NC)c1. The predicted molar refractivity (Wildman–Crippen MR) is 49.7 cm³/mol. The summed E-state index contributed by atoms with van der Waals surface area (Å²) in [7, 11) is 1.75. The lowest BCUT2D eigenvalue weighted by atomic mass is 10.2. The fourth-order valence-corrected chi connectivity index (χ4v) is 0.909. The number of hydrogen-bond acceptors (Lipinski definition) is 4. The molecule has 4 heteroatoms. The molecule has 0 atom stereocenters. The highest BCUT2D eigenvalue weighted by Crippen LogP contribution is 2.06. The molecular weight excluding hydrogens is 168 g/mol. The lowest BCUT2D eigenvalue weighted by molar-refractivity contribution is 0.0526. The lowest BCUT2D eigenvalue weighted by Gasteiger charge is -2.02. The van der Waals surface area contributed by atoms with Crippen molar-refractivity contribution >= 4 is 11.8 Å². The zero-order chi connectivity index (χ0) is 9.68. The number of carbonyl (C=O) groups excluding carboxylic acids is 1. The smallest absolute Gasteiger partial charge is 0.338 e. The summed E-state index contributed by atoms with van der Waals surface area (Å²) in [6, 6.07) is 3.27. The fourth-order valence-electron chi connectivity index (χ4n) is 0.909. The molecule has 0 saturated heterocycles. The van der Waals surface area contributed by atoms with Crippen LogP contribution in [0.4, 0.5) is 5.82 Å². The second-order valence-corrected chi connectivity index (χ2v) is 2.40. The van der Waals surface area contributed by atoms with Crippen molar-refractivity contribution in [1.82, 2.24) is 4.98 Å². The summed E-state index contributed by atoms with van der Waals surface area (Å²) < 4.78 is 4.83. The molecule has 1 heterocycles. The third kappa shape index (κ3) is 2.43. The molecule has 0 radical (unpaired) electrons. The molecule has 13 heavy (non-hydrogen) atoms. The quantitative estimate of drug-likeness (QED) is 0.712. The molecule has 1 aromatic heterocycles. The van der Waals surface area contributed by atoms with Crippen LogP contribution in [0, 0.1) is 0 Å². The minimum absolute atomic E-state index is 0.318. The number of aromatic nitrogens is 1. The molecule has 1 aromatic rings. The summed E-state index contributed by atoms with van der Waals surface area (Å²) in [4.78, 5) is 15.2. The van der Waals surface area contributed by atoms with Crippen molar-refractivity contribution in [2.24, 2.45) is 0 Å². The topological polar surface area (TPSA) is 51.2 Å². The Balaban J connectivity index is 2.82. The highest BCUT2D eigenvalue weighted by atomic mass is 16.5. The minimum Gasteiger partial charge on any atom is -0.462 e. The Kier molecular flexibility index (Phi) is 3.25. The number of pyridine rings is 1. The molecule has 1 N–H and O–H groups in total. The third-order valence-corrected chi connectivity index (χ3v) is 1.53. The Morgan fingerprint density at radius 3 is 3.08 bits per heavy atom. The minimum atomic E-state index is -0.318. The maximum atomic E-state index is 11.2. The van der Waals surface area contributed by atoms with E-state index in [4.69, 9.17) is 4.74 Å². The van der Waals surface area contributed by atoms with Gasteiger partial charge in [-0.2, -0.15) is 0 Å². The molecule has 0 aliphatic heterocycles. The van der Waals surface area contributed by atoms with Crippen LogP contribution in [0.15, 0.2) is 18.3 Å². The van der Waals surface area contributed by atoms with Gasteiger partial charge in [0, 0.05) is 13.2 Å². The number of esters is 1. The van der Waals surface area contributed by atoms with Crippen LogP contribution >= 0.6 is 0 Å². The van der Waals surface area contributed by atoms with Crippen LogP contribution in [0.3, 0.4) is 0 Å². The molecule has 0 fully saturated rings. The molecule has 4 nitrogen and oxygen atoms in total. The molecule has 0 saturated carbocycles. The van der Waals surface area contributed by atoms with E-state index in [1.165, 1.54) is 0 Å². The van der Waals surface area contributed by atoms with Crippen molar-refractivity contribution in [1.29, 1.82) is 0 Å². The Bertz CT molecular complexity index is 299. The average molecular weight is 180 g/mol. The van der Waals surface area contributed by atoms with Crippen molar-refractivity contribution in [3.05, 3.63) is 23.9 Å². The van der Waals surface area contributed by atoms with Gasteiger partial charge in [0.2, 0.25) is 0 Å². The first-order chi connectivity index (χ1) is 6.27. The first kappa shape index (κ1) is 9.51. The van der Waals surface area contributed by atoms with Crippen LogP contribution in [-0.2, 0) is 4.74 Å². The number of carbonyl (C=O) groups is 1. The Morgan fingerprint density at radius 1 is 1.69 bits per heavy atom. The molecule has 70 valence electrons. The van der Waals surface area contributed by atoms with E-state index in [0.29, 0.717) is 18.0 Å². The summed E-state index contributed by atoms with van der Waals surface area (Å²) in [6.45, 7) is 2.16. The summed E-state index contributed by atoms with van der Waals surface area (Å²) in [5, 5.41) is 2.85. The Labute approximate surface area is 76.9 Å². The standard InChI is InChI=1S/C9H12N2O2/c1-3-13-9(12)7-4-5-11-8(6-7)10-2/h4-6H,3H2,1-2H3,(H,10,11). The summed E-state index contributed by atoms with van der Waals surface area (Å²) in [5.41, 5.74) is 0.515.